The molecule has 0 aliphatic carbocycles. The van der Waals surface area contributed by atoms with Crippen molar-refractivity contribution in [1.29, 1.82) is 0 Å². The summed E-state index contributed by atoms with van der Waals surface area (Å²) in [5, 5.41) is 8.26. The van der Waals surface area contributed by atoms with Crippen molar-refractivity contribution < 1.29 is 0 Å². The van der Waals surface area contributed by atoms with Crippen molar-refractivity contribution in [2.45, 2.75) is 91.3 Å². The van der Waals surface area contributed by atoms with E-state index in [1.165, 1.54) is 43.2 Å². The molecule has 0 aromatic heterocycles. The van der Waals surface area contributed by atoms with Gasteiger partial charge in [-0.2, -0.15) is 0 Å². The third-order valence-corrected chi connectivity index (χ3v) is 5.55. The van der Waals surface area contributed by atoms with E-state index in [9.17, 15) is 0 Å². The van der Waals surface area contributed by atoms with Crippen LogP contribution in [-0.4, -0.2) is 13.1 Å². The molecule has 0 saturated carbocycles. The van der Waals surface area contributed by atoms with Crippen LogP contribution in [-0.2, 0) is 6.42 Å². The highest BCUT2D eigenvalue weighted by Crippen LogP contribution is 2.29. The number of nitrogens with one attached hydrogen (secondary N) is 2. The summed E-state index contributed by atoms with van der Waals surface area (Å²) in [7, 11) is 2.03. The molecule has 0 amide bonds. The molecule has 0 fully saturated rings. The van der Waals surface area contributed by atoms with Gasteiger partial charge in [0.25, 0.3) is 0 Å². The van der Waals surface area contributed by atoms with E-state index >= 15 is 0 Å². The Morgan fingerprint density at radius 1 is 1.00 bits per heavy atom. The molecule has 0 aliphatic rings. The van der Waals surface area contributed by atoms with E-state index in [1.54, 1.807) is 0 Å². The molecule has 3 atom stereocenters. The Balaban J connectivity index is 3.01. The van der Waals surface area contributed by atoms with Gasteiger partial charge in [-0.05, 0) is 50.3 Å². The van der Waals surface area contributed by atoms with Gasteiger partial charge in [0.05, 0.1) is 6.17 Å². The van der Waals surface area contributed by atoms with E-state index < -0.39 is 0 Å². The van der Waals surface area contributed by atoms with Crippen LogP contribution < -0.4 is 10.6 Å². The lowest BCUT2D eigenvalue weighted by Crippen LogP contribution is -2.43. The van der Waals surface area contributed by atoms with Gasteiger partial charge in [-0.3, -0.25) is 5.32 Å². The van der Waals surface area contributed by atoms with Gasteiger partial charge < -0.3 is 5.32 Å². The second-order valence-corrected chi connectivity index (χ2v) is 7.56. The Hall–Kier alpha value is -0.570. The van der Waals surface area contributed by atoms with Crippen molar-refractivity contribution >= 4 is 11.6 Å². The van der Waals surface area contributed by atoms with Gasteiger partial charge in [0.15, 0.2) is 0 Å². The van der Waals surface area contributed by atoms with Crippen LogP contribution in [0.15, 0.2) is 18.2 Å². The molecule has 3 unspecified atom stereocenters. The van der Waals surface area contributed by atoms with Crippen molar-refractivity contribution in [2.75, 3.05) is 7.05 Å². The van der Waals surface area contributed by atoms with Crippen molar-refractivity contribution in [3.63, 3.8) is 0 Å². The Bertz CT molecular complexity index is 475. The molecule has 144 valence electrons. The molecule has 25 heavy (non-hydrogen) atoms. The first-order valence-corrected chi connectivity index (χ1v) is 10.7. The molecule has 3 heteroatoms. The number of halogens is 1. The van der Waals surface area contributed by atoms with Crippen LogP contribution in [0.5, 0.6) is 0 Å². The van der Waals surface area contributed by atoms with Crippen molar-refractivity contribution in [3.8, 4) is 0 Å². The van der Waals surface area contributed by atoms with Gasteiger partial charge in [-0.15, -0.1) is 0 Å². The average Bonchev–Trinajstić information content (AvgIpc) is 2.61. The first kappa shape index (κ1) is 22.5. The van der Waals surface area contributed by atoms with Crippen LogP contribution in [0.2, 0.25) is 5.02 Å². The van der Waals surface area contributed by atoms with E-state index in [0.717, 1.165) is 30.2 Å². The van der Waals surface area contributed by atoms with Gasteiger partial charge >= 0.3 is 0 Å². The maximum atomic E-state index is 6.61. The normalized spacial score (nSPS) is 15.1. The molecule has 0 radical (unpaired) electrons. The molecule has 0 spiro atoms. The zero-order chi connectivity index (χ0) is 18.7. The van der Waals surface area contributed by atoms with Gasteiger partial charge in [0.1, 0.15) is 0 Å². The third-order valence-electron chi connectivity index (χ3n) is 5.22. The Morgan fingerprint density at radius 3 is 2.32 bits per heavy atom. The molecular weight excluding hydrogens is 328 g/mol. The minimum atomic E-state index is 0.112. The van der Waals surface area contributed by atoms with E-state index in [0.29, 0.717) is 6.04 Å². The number of hydrogen-bond acceptors (Lipinski definition) is 2. The van der Waals surface area contributed by atoms with Crippen molar-refractivity contribution in [3.05, 3.63) is 34.3 Å². The molecular formula is C22H39ClN2. The predicted octanol–water partition coefficient (Wildman–Crippen LogP) is 6.49. The SMILES string of the molecule is CCCCC(CCC)C(CC)NC(NC)c1c(Cl)cccc1CCC. The standard InChI is InChI=1S/C22H39ClN2/c1-6-10-14-17(12-7-2)20(9-4)25-22(24-5)21-18(13-8-3)15-11-16-19(21)23/h11,15-17,20,22,24-25H,6-10,12-14H2,1-5H3. The molecule has 0 saturated heterocycles. The summed E-state index contributed by atoms with van der Waals surface area (Å²) in [5.74, 6) is 0.739. The van der Waals surface area contributed by atoms with E-state index in [2.05, 4.69) is 50.5 Å². The van der Waals surface area contributed by atoms with Gasteiger partial charge in [-0.25, -0.2) is 0 Å². The second-order valence-electron chi connectivity index (χ2n) is 7.16. The molecule has 1 aromatic carbocycles. The molecule has 0 bridgehead atoms. The zero-order valence-corrected chi connectivity index (χ0v) is 17.8. The van der Waals surface area contributed by atoms with E-state index in [1.807, 2.05) is 13.1 Å². The summed E-state index contributed by atoms with van der Waals surface area (Å²) in [6.45, 7) is 9.12. The summed E-state index contributed by atoms with van der Waals surface area (Å²) in [4.78, 5) is 0. The zero-order valence-electron chi connectivity index (χ0n) is 17.0. The van der Waals surface area contributed by atoms with Crippen LogP contribution in [0.3, 0.4) is 0 Å². The fourth-order valence-electron chi connectivity index (χ4n) is 3.89. The maximum absolute atomic E-state index is 6.61. The summed E-state index contributed by atoms with van der Waals surface area (Å²) in [6, 6.07) is 6.83. The minimum absolute atomic E-state index is 0.112. The monoisotopic (exact) mass is 366 g/mol. The van der Waals surface area contributed by atoms with Crippen LogP contribution in [0.25, 0.3) is 0 Å². The molecule has 0 heterocycles. The van der Waals surface area contributed by atoms with Crippen LogP contribution in [0.1, 0.15) is 89.9 Å². The third kappa shape index (κ3) is 6.92. The summed E-state index contributed by atoms with van der Waals surface area (Å²) < 4.78 is 0. The molecule has 2 nitrogen and oxygen atoms in total. The van der Waals surface area contributed by atoms with Gasteiger partial charge in [0.2, 0.25) is 0 Å². The number of rotatable bonds is 13. The summed E-state index contributed by atoms with van der Waals surface area (Å²) >= 11 is 6.61. The Morgan fingerprint density at radius 2 is 1.76 bits per heavy atom. The van der Waals surface area contributed by atoms with E-state index in [4.69, 9.17) is 11.6 Å². The smallest absolute Gasteiger partial charge is 0.0852 e. The first-order valence-electron chi connectivity index (χ1n) is 10.3. The summed E-state index contributed by atoms with van der Waals surface area (Å²) in [6.07, 6.45) is 9.93. The lowest BCUT2D eigenvalue weighted by Gasteiger charge is -2.33. The highest BCUT2D eigenvalue weighted by atomic mass is 35.5. The number of hydrogen-bond donors (Lipinski definition) is 2. The largest absolute Gasteiger partial charge is 0.301 e. The lowest BCUT2D eigenvalue weighted by molar-refractivity contribution is 0.264. The topological polar surface area (TPSA) is 24.1 Å². The second kappa shape index (κ2) is 12.7. The summed E-state index contributed by atoms with van der Waals surface area (Å²) in [5.41, 5.74) is 2.59. The maximum Gasteiger partial charge on any atom is 0.0852 e. The molecule has 1 rings (SSSR count). The van der Waals surface area contributed by atoms with Crippen molar-refractivity contribution in [1.82, 2.24) is 10.6 Å². The average molecular weight is 367 g/mol. The highest BCUT2D eigenvalue weighted by molar-refractivity contribution is 6.31. The lowest BCUT2D eigenvalue weighted by atomic mass is 9.87. The first-order chi connectivity index (χ1) is 12.1. The quantitative estimate of drug-likeness (QED) is 0.390. The minimum Gasteiger partial charge on any atom is -0.301 e. The number of unbranched alkanes of at least 4 members (excludes halogenated alkanes) is 1. The van der Waals surface area contributed by atoms with Crippen LogP contribution in [0.4, 0.5) is 0 Å². The molecule has 1 aromatic rings. The van der Waals surface area contributed by atoms with Gasteiger partial charge in [-0.1, -0.05) is 77.1 Å². The Labute approximate surface area is 161 Å². The number of benzene rings is 1. The van der Waals surface area contributed by atoms with E-state index in [-0.39, 0.29) is 6.17 Å². The predicted molar refractivity (Wildman–Crippen MR) is 112 cm³/mol. The molecule has 0 aliphatic heterocycles. The van der Waals surface area contributed by atoms with Crippen molar-refractivity contribution in [2.24, 2.45) is 5.92 Å². The highest BCUT2D eigenvalue weighted by Gasteiger charge is 2.24. The van der Waals surface area contributed by atoms with Gasteiger partial charge in [0, 0.05) is 16.6 Å². The fourth-order valence-corrected chi connectivity index (χ4v) is 4.19. The van der Waals surface area contributed by atoms with Crippen LogP contribution in [0, 0.1) is 5.92 Å². The molecule has 2 N–H and O–H groups in total. The number of aryl methyl sites for hydroxylation is 1. The fraction of sp³-hybridized carbons (Fsp3) is 0.727. The van der Waals surface area contributed by atoms with Crippen LogP contribution >= 0.6 is 11.6 Å². The Kier molecular flexibility index (Phi) is 11.4.